The first-order valence-electron chi connectivity index (χ1n) is 5.90. The summed E-state index contributed by atoms with van der Waals surface area (Å²) in [6.07, 6.45) is 3.85. The van der Waals surface area contributed by atoms with Gasteiger partial charge in [0.05, 0.1) is 5.69 Å². The molecular weight excluding hydrogens is 262 g/mol. The molecule has 96 valence electrons. The van der Waals surface area contributed by atoms with Gasteiger partial charge in [-0.3, -0.25) is 9.17 Å². The molecule has 7 heteroatoms. The Balaban J connectivity index is 1.97. The van der Waals surface area contributed by atoms with Crippen LogP contribution < -0.4 is 10.9 Å². The van der Waals surface area contributed by atoms with Crippen LogP contribution in [-0.2, 0) is 0 Å². The molecule has 0 aliphatic heterocycles. The van der Waals surface area contributed by atoms with Gasteiger partial charge in [-0.05, 0) is 31.3 Å². The van der Waals surface area contributed by atoms with Crippen molar-refractivity contribution in [3.05, 3.63) is 33.5 Å². The van der Waals surface area contributed by atoms with E-state index in [1.807, 2.05) is 13.0 Å². The van der Waals surface area contributed by atoms with E-state index in [0.717, 1.165) is 35.6 Å². The largest absolute Gasteiger partial charge is 0.329 e. The molecule has 0 unspecified atom stereocenters. The molecule has 2 aromatic heterocycles. The van der Waals surface area contributed by atoms with Crippen LogP contribution in [0.15, 0.2) is 11.1 Å². The number of hydrogen-bond acceptors (Lipinski definition) is 6. The molecule has 1 aliphatic rings. The van der Waals surface area contributed by atoms with E-state index in [4.69, 9.17) is 5.26 Å². The van der Waals surface area contributed by atoms with Crippen LogP contribution in [0.4, 0.5) is 10.8 Å². The predicted molar refractivity (Wildman–Crippen MR) is 71.7 cm³/mol. The van der Waals surface area contributed by atoms with Crippen molar-refractivity contribution in [1.82, 2.24) is 14.3 Å². The van der Waals surface area contributed by atoms with E-state index in [-0.39, 0.29) is 11.1 Å². The minimum atomic E-state index is -0.371. The summed E-state index contributed by atoms with van der Waals surface area (Å²) in [5.74, 6) is 1.19. The monoisotopic (exact) mass is 273 g/mol. The highest BCUT2D eigenvalue weighted by molar-refractivity contribution is 7.10. The fraction of sp³-hybridized carbons (Fsp3) is 0.333. The van der Waals surface area contributed by atoms with Crippen LogP contribution in [0.25, 0.3) is 0 Å². The minimum absolute atomic E-state index is 0.0935. The van der Waals surface area contributed by atoms with E-state index >= 15 is 0 Å². The summed E-state index contributed by atoms with van der Waals surface area (Å²) in [6, 6.07) is 1.89. The van der Waals surface area contributed by atoms with Crippen LogP contribution in [0.2, 0.25) is 0 Å². The van der Waals surface area contributed by atoms with Crippen LogP contribution in [0, 0.1) is 18.3 Å². The number of nitrogens with zero attached hydrogens (tertiary/aromatic N) is 3. The van der Waals surface area contributed by atoms with Gasteiger partial charge in [0.2, 0.25) is 0 Å². The zero-order valence-corrected chi connectivity index (χ0v) is 11.0. The number of nitrogens with one attached hydrogen (secondary N) is 2. The zero-order chi connectivity index (χ0) is 13.4. The standard InChI is InChI=1S/C12H11N5OS/c1-6-9(7-2-3-7)14-5-15-10(6)16-12-8(4-13)11(18)17-19-12/h5,7H,2-3H2,1H3,(H,17,18)(H,14,15,16). The Bertz CT molecular complexity index is 722. The molecule has 0 aromatic carbocycles. The highest BCUT2D eigenvalue weighted by Gasteiger charge is 2.27. The molecule has 0 radical (unpaired) electrons. The van der Waals surface area contributed by atoms with Crippen LogP contribution in [0.5, 0.6) is 0 Å². The van der Waals surface area contributed by atoms with Crippen LogP contribution in [0.1, 0.15) is 35.6 Å². The van der Waals surface area contributed by atoms with Gasteiger partial charge in [0, 0.05) is 11.5 Å². The molecule has 6 nitrogen and oxygen atoms in total. The molecule has 3 rings (SSSR count). The van der Waals surface area contributed by atoms with Gasteiger partial charge in [-0.1, -0.05) is 0 Å². The van der Waals surface area contributed by atoms with Gasteiger partial charge in [-0.25, -0.2) is 9.97 Å². The van der Waals surface area contributed by atoms with Crippen molar-refractivity contribution in [2.75, 3.05) is 5.32 Å². The Labute approximate surface area is 113 Å². The number of rotatable bonds is 3. The van der Waals surface area contributed by atoms with Gasteiger partial charge < -0.3 is 5.32 Å². The molecule has 2 N–H and O–H groups in total. The summed E-state index contributed by atoms with van der Waals surface area (Å²) in [4.78, 5) is 19.9. The number of aromatic amines is 1. The second-order valence-corrected chi connectivity index (χ2v) is 5.30. The quantitative estimate of drug-likeness (QED) is 0.892. The number of aromatic nitrogens is 3. The summed E-state index contributed by atoms with van der Waals surface area (Å²) in [6.45, 7) is 1.96. The van der Waals surface area contributed by atoms with E-state index in [1.165, 1.54) is 6.33 Å². The number of hydrogen-bond donors (Lipinski definition) is 2. The number of nitriles is 1. The van der Waals surface area contributed by atoms with Crippen LogP contribution >= 0.6 is 11.5 Å². The lowest BCUT2D eigenvalue weighted by Gasteiger charge is -2.09. The lowest BCUT2D eigenvalue weighted by Crippen LogP contribution is -2.05. The molecule has 0 spiro atoms. The first kappa shape index (κ1) is 11.9. The first-order chi connectivity index (χ1) is 9.20. The number of H-pyrrole nitrogens is 1. The van der Waals surface area contributed by atoms with Crippen molar-refractivity contribution in [3.8, 4) is 6.07 Å². The van der Waals surface area contributed by atoms with Crippen molar-refractivity contribution >= 4 is 22.4 Å². The molecule has 1 saturated carbocycles. The molecular formula is C12H11N5OS. The Morgan fingerprint density at radius 2 is 2.32 bits per heavy atom. The summed E-state index contributed by atoms with van der Waals surface area (Å²) in [5.41, 5.74) is 1.76. The maximum Gasteiger partial charge on any atom is 0.278 e. The third-order valence-corrected chi connectivity index (χ3v) is 3.93. The highest BCUT2D eigenvalue weighted by atomic mass is 32.1. The average Bonchev–Trinajstić information content (AvgIpc) is 3.17. The Morgan fingerprint density at radius 3 is 3.00 bits per heavy atom. The summed E-state index contributed by atoms with van der Waals surface area (Å²) in [5, 5.41) is 12.5. The van der Waals surface area contributed by atoms with Crippen molar-refractivity contribution < 1.29 is 0 Å². The summed E-state index contributed by atoms with van der Waals surface area (Å²) >= 11 is 1.10. The van der Waals surface area contributed by atoms with E-state index in [2.05, 4.69) is 19.7 Å². The fourth-order valence-corrected chi connectivity index (χ4v) is 2.64. The molecule has 19 heavy (non-hydrogen) atoms. The fourth-order valence-electron chi connectivity index (χ4n) is 1.96. The van der Waals surface area contributed by atoms with Crippen molar-refractivity contribution in [2.24, 2.45) is 0 Å². The van der Waals surface area contributed by atoms with Gasteiger partial charge in [-0.15, -0.1) is 0 Å². The molecule has 1 fully saturated rings. The molecule has 0 amide bonds. The third-order valence-electron chi connectivity index (χ3n) is 3.13. The van der Waals surface area contributed by atoms with Gasteiger partial charge in [0.1, 0.15) is 23.2 Å². The van der Waals surface area contributed by atoms with E-state index in [0.29, 0.717) is 16.7 Å². The molecule has 1 aliphatic carbocycles. The van der Waals surface area contributed by atoms with Gasteiger partial charge in [-0.2, -0.15) is 5.26 Å². The topological polar surface area (TPSA) is 94.5 Å². The van der Waals surface area contributed by atoms with Crippen LogP contribution in [-0.4, -0.2) is 14.3 Å². The Kier molecular flexibility index (Phi) is 2.80. The van der Waals surface area contributed by atoms with Crippen molar-refractivity contribution in [1.29, 1.82) is 5.26 Å². The first-order valence-corrected chi connectivity index (χ1v) is 6.72. The maximum atomic E-state index is 11.4. The molecule has 0 bridgehead atoms. The smallest absolute Gasteiger partial charge is 0.278 e. The van der Waals surface area contributed by atoms with Crippen LogP contribution in [0.3, 0.4) is 0 Å². The summed E-state index contributed by atoms with van der Waals surface area (Å²) < 4.78 is 2.54. The van der Waals surface area contributed by atoms with Crippen molar-refractivity contribution in [3.63, 3.8) is 0 Å². The van der Waals surface area contributed by atoms with E-state index in [1.54, 1.807) is 0 Å². The number of anilines is 2. The molecule has 2 heterocycles. The third kappa shape index (κ3) is 2.11. The highest BCUT2D eigenvalue weighted by Crippen LogP contribution is 2.41. The summed E-state index contributed by atoms with van der Waals surface area (Å²) in [7, 11) is 0. The van der Waals surface area contributed by atoms with E-state index < -0.39 is 0 Å². The second kappa shape index (κ2) is 4.48. The minimum Gasteiger partial charge on any atom is -0.329 e. The normalized spacial score (nSPS) is 14.1. The van der Waals surface area contributed by atoms with Gasteiger partial charge in [0.15, 0.2) is 5.56 Å². The SMILES string of the molecule is Cc1c(Nc2s[nH]c(=O)c2C#N)ncnc1C1CC1. The van der Waals surface area contributed by atoms with Gasteiger partial charge >= 0.3 is 0 Å². The van der Waals surface area contributed by atoms with E-state index in [9.17, 15) is 4.79 Å². The molecule has 0 atom stereocenters. The Morgan fingerprint density at radius 1 is 1.53 bits per heavy atom. The lowest BCUT2D eigenvalue weighted by atomic mass is 10.1. The maximum absolute atomic E-state index is 11.4. The van der Waals surface area contributed by atoms with Crippen molar-refractivity contribution in [2.45, 2.75) is 25.7 Å². The Hall–Kier alpha value is -2.20. The molecule has 0 saturated heterocycles. The predicted octanol–water partition coefficient (Wildman–Crippen LogP) is 2.03. The molecule has 2 aromatic rings. The zero-order valence-electron chi connectivity index (χ0n) is 10.2. The van der Waals surface area contributed by atoms with Gasteiger partial charge in [0.25, 0.3) is 5.56 Å². The average molecular weight is 273 g/mol. The second-order valence-electron chi connectivity index (χ2n) is 4.48. The lowest BCUT2D eigenvalue weighted by molar-refractivity contribution is 0.962.